The average molecular weight is 393 g/mol. The fourth-order valence-electron chi connectivity index (χ4n) is 6.88. The Morgan fingerprint density at radius 1 is 0.931 bits per heavy atom. The van der Waals surface area contributed by atoms with Crippen LogP contribution in [0.25, 0.3) is 0 Å². The van der Waals surface area contributed by atoms with E-state index in [4.69, 9.17) is 0 Å². The van der Waals surface area contributed by atoms with E-state index in [-0.39, 0.29) is 16.7 Å². The molecule has 2 saturated heterocycles. The summed E-state index contributed by atoms with van der Waals surface area (Å²) in [4.78, 5) is 30.5. The second-order valence-corrected chi connectivity index (χ2v) is 10.9. The van der Waals surface area contributed by atoms with Crippen molar-refractivity contribution in [2.24, 2.45) is 22.7 Å². The number of likely N-dealkylation sites (tertiary alicyclic amines) is 2. The van der Waals surface area contributed by atoms with Crippen LogP contribution in [-0.4, -0.2) is 47.8 Å². The topological polar surface area (TPSA) is 40.6 Å². The van der Waals surface area contributed by atoms with Crippen LogP contribution in [0, 0.1) is 22.7 Å². The summed E-state index contributed by atoms with van der Waals surface area (Å²) in [6, 6.07) is 8.36. The molecular weight excluding hydrogens is 360 g/mol. The van der Waals surface area contributed by atoms with Gasteiger partial charge < -0.3 is 9.80 Å². The molecule has 5 aliphatic rings. The van der Waals surface area contributed by atoms with Crippen LogP contribution in [0.2, 0.25) is 0 Å². The van der Waals surface area contributed by atoms with E-state index >= 15 is 0 Å². The number of hydrogen-bond donors (Lipinski definition) is 0. The lowest BCUT2D eigenvalue weighted by molar-refractivity contribution is -0.136. The fourth-order valence-corrected chi connectivity index (χ4v) is 6.88. The quantitative estimate of drug-likeness (QED) is 0.778. The third kappa shape index (κ3) is 2.63. The SMILES string of the molecule is C[C@]12CN(C(=O)c3ccc(C4CCC4)cc3)C[C@H]1CN(C(=O)[C@@]13CCC[C@@H]1C3)C2. The van der Waals surface area contributed by atoms with E-state index in [2.05, 4.69) is 24.0 Å². The van der Waals surface area contributed by atoms with Crippen molar-refractivity contribution < 1.29 is 9.59 Å². The predicted molar refractivity (Wildman–Crippen MR) is 112 cm³/mol. The molecule has 1 aromatic rings. The van der Waals surface area contributed by atoms with Gasteiger partial charge in [-0.1, -0.05) is 31.9 Å². The van der Waals surface area contributed by atoms with Gasteiger partial charge >= 0.3 is 0 Å². The van der Waals surface area contributed by atoms with E-state index in [1.165, 1.54) is 37.7 Å². The van der Waals surface area contributed by atoms with Crippen molar-refractivity contribution in [3.05, 3.63) is 35.4 Å². The summed E-state index contributed by atoms with van der Waals surface area (Å²) in [5.74, 6) is 2.39. The maximum atomic E-state index is 13.2. The molecule has 2 heterocycles. The molecule has 0 spiro atoms. The second-order valence-electron chi connectivity index (χ2n) is 10.9. The standard InChI is InChI=1S/C25H32N2O2/c1-24-15-26(22(28)19-9-7-18(8-10-19)17-4-2-5-17)13-21(24)14-27(16-24)23(29)25-11-3-6-20(25)12-25/h7-10,17,20-21H,2-6,11-16H2,1H3/t20-,21+,24-,25-/m1/s1. The van der Waals surface area contributed by atoms with Crippen molar-refractivity contribution >= 4 is 11.8 Å². The van der Waals surface area contributed by atoms with Crippen LogP contribution >= 0.6 is 0 Å². The molecule has 5 fully saturated rings. The van der Waals surface area contributed by atoms with Crippen LogP contribution in [0.5, 0.6) is 0 Å². The molecule has 2 aliphatic heterocycles. The first-order chi connectivity index (χ1) is 14.0. The summed E-state index contributed by atoms with van der Waals surface area (Å²) in [5.41, 5.74) is 2.27. The Morgan fingerprint density at radius 2 is 1.66 bits per heavy atom. The molecule has 4 atom stereocenters. The number of carbonyl (C=O) groups is 2. The summed E-state index contributed by atoms with van der Waals surface area (Å²) in [6.07, 6.45) is 8.63. The van der Waals surface area contributed by atoms with Gasteiger partial charge in [-0.15, -0.1) is 0 Å². The first-order valence-electron chi connectivity index (χ1n) is 11.7. The molecule has 6 rings (SSSR count). The van der Waals surface area contributed by atoms with Gasteiger partial charge in [-0.2, -0.15) is 0 Å². The number of benzene rings is 1. The number of rotatable bonds is 3. The first kappa shape index (κ1) is 18.0. The van der Waals surface area contributed by atoms with Crippen molar-refractivity contribution in [1.82, 2.24) is 9.80 Å². The predicted octanol–water partition coefficient (Wildman–Crippen LogP) is 4.06. The Morgan fingerprint density at radius 3 is 2.24 bits per heavy atom. The summed E-state index contributed by atoms with van der Waals surface area (Å²) < 4.78 is 0. The maximum Gasteiger partial charge on any atom is 0.253 e. The lowest BCUT2D eigenvalue weighted by Crippen LogP contribution is -2.40. The number of hydrogen-bond acceptors (Lipinski definition) is 2. The molecule has 0 bridgehead atoms. The lowest BCUT2D eigenvalue weighted by Gasteiger charge is -2.28. The van der Waals surface area contributed by atoms with E-state index in [9.17, 15) is 9.59 Å². The molecule has 3 saturated carbocycles. The van der Waals surface area contributed by atoms with E-state index in [0.29, 0.717) is 23.7 Å². The van der Waals surface area contributed by atoms with Gasteiger partial charge in [-0.05, 0) is 61.6 Å². The smallest absolute Gasteiger partial charge is 0.253 e. The van der Waals surface area contributed by atoms with Gasteiger partial charge in [0, 0.05) is 43.1 Å². The fraction of sp³-hybridized carbons (Fsp3) is 0.680. The molecule has 0 aromatic heterocycles. The third-order valence-corrected chi connectivity index (χ3v) is 9.11. The first-order valence-corrected chi connectivity index (χ1v) is 11.7. The molecule has 0 N–H and O–H groups in total. The molecule has 4 heteroatoms. The monoisotopic (exact) mass is 392 g/mol. The normalized spacial score (nSPS) is 38.0. The van der Waals surface area contributed by atoms with Crippen molar-refractivity contribution in [2.45, 2.75) is 57.8 Å². The molecule has 3 aliphatic carbocycles. The Labute approximate surface area is 173 Å². The van der Waals surface area contributed by atoms with Crippen LogP contribution in [0.4, 0.5) is 0 Å². The zero-order valence-electron chi connectivity index (χ0n) is 17.5. The van der Waals surface area contributed by atoms with Crippen molar-refractivity contribution in [3.8, 4) is 0 Å². The van der Waals surface area contributed by atoms with Gasteiger partial charge in [0.15, 0.2) is 0 Å². The highest BCUT2D eigenvalue weighted by Gasteiger charge is 2.64. The molecule has 4 nitrogen and oxygen atoms in total. The number of nitrogens with zero attached hydrogens (tertiary/aromatic N) is 2. The Bertz CT molecular complexity index is 860. The molecular formula is C25H32N2O2. The van der Waals surface area contributed by atoms with Gasteiger partial charge in [-0.3, -0.25) is 9.59 Å². The van der Waals surface area contributed by atoms with Gasteiger partial charge in [0.05, 0.1) is 5.41 Å². The van der Waals surface area contributed by atoms with E-state index in [0.717, 1.165) is 44.6 Å². The molecule has 1 aromatic carbocycles. The van der Waals surface area contributed by atoms with Gasteiger partial charge in [0.2, 0.25) is 5.91 Å². The van der Waals surface area contributed by atoms with Crippen LogP contribution < -0.4 is 0 Å². The van der Waals surface area contributed by atoms with Crippen LogP contribution in [-0.2, 0) is 4.79 Å². The maximum absolute atomic E-state index is 13.2. The van der Waals surface area contributed by atoms with Gasteiger partial charge in [0.1, 0.15) is 0 Å². The molecule has 29 heavy (non-hydrogen) atoms. The second kappa shape index (κ2) is 6.09. The molecule has 0 radical (unpaired) electrons. The Balaban J connectivity index is 1.12. The van der Waals surface area contributed by atoms with E-state index in [1.54, 1.807) is 0 Å². The van der Waals surface area contributed by atoms with Crippen molar-refractivity contribution in [2.75, 3.05) is 26.2 Å². The van der Waals surface area contributed by atoms with E-state index < -0.39 is 0 Å². The average Bonchev–Trinajstić information content (AvgIpc) is 2.94. The number of amides is 2. The van der Waals surface area contributed by atoms with Gasteiger partial charge in [-0.25, -0.2) is 0 Å². The minimum atomic E-state index is 0.0205. The number of fused-ring (bicyclic) bond motifs is 2. The Kier molecular flexibility index (Phi) is 3.77. The van der Waals surface area contributed by atoms with Crippen LogP contribution in [0.15, 0.2) is 24.3 Å². The largest absolute Gasteiger partial charge is 0.341 e. The summed E-state index contributed by atoms with van der Waals surface area (Å²) in [7, 11) is 0. The highest BCUT2D eigenvalue weighted by atomic mass is 16.2. The van der Waals surface area contributed by atoms with Crippen molar-refractivity contribution in [3.63, 3.8) is 0 Å². The van der Waals surface area contributed by atoms with Crippen LogP contribution in [0.1, 0.15) is 73.7 Å². The minimum Gasteiger partial charge on any atom is -0.341 e. The lowest BCUT2D eigenvalue weighted by atomic mass is 9.80. The molecule has 154 valence electrons. The highest BCUT2D eigenvalue weighted by molar-refractivity contribution is 5.94. The zero-order chi connectivity index (χ0) is 19.8. The van der Waals surface area contributed by atoms with Crippen LogP contribution in [0.3, 0.4) is 0 Å². The summed E-state index contributed by atoms with van der Waals surface area (Å²) in [6.45, 7) is 5.53. The third-order valence-electron chi connectivity index (χ3n) is 9.11. The molecule has 0 unspecified atom stereocenters. The van der Waals surface area contributed by atoms with Crippen molar-refractivity contribution in [1.29, 1.82) is 0 Å². The summed E-state index contributed by atoms with van der Waals surface area (Å²) >= 11 is 0. The van der Waals surface area contributed by atoms with Gasteiger partial charge in [0.25, 0.3) is 5.91 Å². The highest BCUT2D eigenvalue weighted by Crippen LogP contribution is 2.65. The van der Waals surface area contributed by atoms with E-state index in [1.807, 2.05) is 17.0 Å². The zero-order valence-corrected chi connectivity index (χ0v) is 17.5. The Hall–Kier alpha value is -1.84. The minimum absolute atomic E-state index is 0.0205. The summed E-state index contributed by atoms with van der Waals surface area (Å²) in [5, 5.41) is 0. The molecule has 2 amide bonds. The number of carbonyl (C=O) groups excluding carboxylic acids is 2.